The third kappa shape index (κ3) is 4.95. The zero-order valence-corrected chi connectivity index (χ0v) is 17.7. The number of benzene rings is 1. The van der Waals surface area contributed by atoms with Gasteiger partial charge in [-0.25, -0.2) is 12.7 Å². The minimum absolute atomic E-state index is 0.0683. The van der Waals surface area contributed by atoms with Gasteiger partial charge in [0.25, 0.3) is 0 Å². The molecule has 0 N–H and O–H groups in total. The quantitative estimate of drug-likeness (QED) is 0.730. The maximum atomic E-state index is 12.9. The van der Waals surface area contributed by atoms with E-state index in [0.717, 1.165) is 19.5 Å². The molecule has 2 heterocycles. The maximum absolute atomic E-state index is 12.9. The fraction of sp³-hybridized carbons (Fsp3) is 0.611. The van der Waals surface area contributed by atoms with Crippen LogP contribution in [-0.4, -0.2) is 74.7 Å². The van der Waals surface area contributed by atoms with Crippen LogP contribution in [0.3, 0.4) is 0 Å². The van der Waals surface area contributed by atoms with Crippen molar-refractivity contribution in [3.05, 3.63) is 33.8 Å². The van der Waals surface area contributed by atoms with E-state index in [2.05, 4.69) is 4.90 Å². The van der Waals surface area contributed by atoms with Crippen molar-refractivity contribution in [1.29, 1.82) is 0 Å². The molecule has 0 spiro atoms. The summed E-state index contributed by atoms with van der Waals surface area (Å²) in [4.78, 5) is 16.9. The smallest absolute Gasteiger partial charge is 0.227 e. The molecule has 1 atom stereocenters. The molecule has 1 aromatic rings. The first-order valence-corrected chi connectivity index (χ1v) is 11.5. The molecule has 0 aliphatic carbocycles. The topological polar surface area (TPSA) is 60.9 Å². The number of sulfonamides is 1. The molecule has 6 nitrogen and oxygen atoms in total. The zero-order chi connectivity index (χ0) is 19.6. The molecular formula is C18H25Cl2N3O3S. The largest absolute Gasteiger partial charge is 0.340 e. The van der Waals surface area contributed by atoms with Gasteiger partial charge in [-0.1, -0.05) is 29.3 Å². The van der Waals surface area contributed by atoms with Crippen LogP contribution in [0.15, 0.2) is 18.2 Å². The lowest BCUT2D eigenvalue weighted by Crippen LogP contribution is -2.52. The third-order valence-electron chi connectivity index (χ3n) is 5.33. The van der Waals surface area contributed by atoms with Crippen molar-refractivity contribution in [3.8, 4) is 0 Å². The summed E-state index contributed by atoms with van der Waals surface area (Å²) in [5, 5.41) is 0.682. The van der Waals surface area contributed by atoms with E-state index < -0.39 is 10.0 Å². The van der Waals surface area contributed by atoms with Gasteiger partial charge in [0.2, 0.25) is 15.9 Å². The summed E-state index contributed by atoms with van der Waals surface area (Å²) >= 11 is 12.3. The van der Waals surface area contributed by atoms with Crippen LogP contribution >= 0.6 is 23.2 Å². The summed E-state index contributed by atoms with van der Waals surface area (Å²) in [6, 6.07) is 4.95. The second-order valence-electron chi connectivity index (χ2n) is 7.28. The lowest BCUT2D eigenvalue weighted by Gasteiger charge is -2.37. The fourth-order valence-corrected chi connectivity index (χ4v) is 5.99. The summed E-state index contributed by atoms with van der Waals surface area (Å²) in [5.41, 5.74) is 0.411. The maximum Gasteiger partial charge on any atom is 0.227 e. The first-order chi connectivity index (χ1) is 12.8. The standard InChI is InChI=1S/C18H25Cl2N3O3S/c1-21-8-10-22(11-9-21)18(24)14-4-3-7-23(12-14)27(25,26)13-15-16(19)5-2-6-17(15)20/h2,5-6,14H,3-4,7-13H2,1H3/t14-/m0/s1. The van der Waals surface area contributed by atoms with Gasteiger partial charge in [-0.2, -0.15) is 0 Å². The Bertz CT molecular complexity index is 775. The molecule has 2 saturated heterocycles. The minimum Gasteiger partial charge on any atom is -0.340 e. The Labute approximate surface area is 171 Å². The van der Waals surface area contributed by atoms with E-state index in [1.165, 1.54) is 4.31 Å². The van der Waals surface area contributed by atoms with Gasteiger partial charge in [-0.3, -0.25) is 4.79 Å². The Morgan fingerprint density at radius 2 is 1.74 bits per heavy atom. The first kappa shape index (κ1) is 20.9. The number of hydrogen-bond donors (Lipinski definition) is 0. The highest BCUT2D eigenvalue weighted by molar-refractivity contribution is 7.88. The first-order valence-electron chi connectivity index (χ1n) is 9.16. The van der Waals surface area contributed by atoms with Crippen LogP contribution in [0, 0.1) is 5.92 Å². The van der Waals surface area contributed by atoms with E-state index in [4.69, 9.17) is 23.2 Å². The van der Waals surface area contributed by atoms with Crippen molar-refractivity contribution in [1.82, 2.24) is 14.1 Å². The highest BCUT2D eigenvalue weighted by atomic mass is 35.5. The number of piperazine rings is 1. The predicted molar refractivity (Wildman–Crippen MR) is 107 cm³/mol. The summed E-state index contributed by atoms with van der Waals surface area (Å²) in [6.45, 7) is 3.77. The summed E-state index contributed by atoms with van der Waals surface area (Å²) < 4.78 is 27.3. The van der Waals surface area contributed by atoms with E-state index in [9.17, 15) is 13.2 Å². The highest BCUT2D eigenvalue weighted by Gasteiger charge is 2.35. The lowest BCUT2D eigenvalue weighted by atomic mass is 9.98. The molecule has 3 rings (SSSR count). The molecule has 2 aliphatic heterocycles. The van der Waals surface area contributed by atoms with Crippen LogP contribution in [0.25, 0.3) is 0 Å². The third-order valence-corrected chi connectivity index (χ3v) is 7.81. The molecule has 0 saturated carbocycles. The molecular weight excluding hydrogens is 409 g/mol. The number of nitrogens with zero attached hydrogens (tertiary/aromatic N) is 3. The van der Waals surface area contributed by atoms with Gasteiger partial charge in [0.05, 0.1) is 11.7 Å². The molecule has 2 fully saturated rings. The second-order valence-corrected chi connectivity index (χ2v) is 10.1. The van der Waals surface area contributed by atoms with Crippen LogP contribution in [-0.2, 0) is 20.6 Å². The van der Waals surface area contributed by atoms with Gasteiger partial charge in [0.1, 0.15) is 0 Å². The van der Waals surface area contributed by atoms with Gasteiger partial charge >= 0.3 is 0 Å². The molecule has 0 unspecified atom stereocenters. The number of carbonyl (C=O) groups excluding carboxylic acids is 1. The lowest BCUT2D eigenvalue weighted by molar-refractivity contribution is -0.138. The van der Waals surface area contributed by atoms with Crippen molar-refractivity contribution >= 4 is 39.1 Å². The highest BCUT2D eigenvalue weighted by Crippen LogP contribution is 2.29. The monoisotopic (exact) mass is 433 g/mol. The molecule has 150 valence electrons. The van der Waals surface area contributed by atoms with Crippen molar-refractivity contribution in [2.75, 3.05) is 46.3 Å². The van der Waals surface area contributed by atoms with E-state index in [1.54, 1.807) is 18.2 Å². The molecule has 1 amide bonds. The van der Waals surface area contributed by atoms with Crippen molar-refractivity contribution < 1.29 is 13.2 Å². The van der Waals surface area contributed by atoms with Crippen LogP contribution in [0.2, 0.25) is 10.0 Å². The number of piperidine rings is 1. The molecule has 27 heavy (non-hydrogen) atoms. The van der Waals surface area contributed by atoms with Gasteiger partial charge in [-0.05, 0) is 32.0 Å². The molecule has 1 aromatic carbocycles. The Kier molecular flexibility index (Phi) is 6.69. The predicted octanol–water partition coefficient (Wildman–Crippen LogP) is 2.31. The Hall–Kier alpha value is -0.860. The summed E-state index contributed by atoms with van der Waals surface area (Å²) in [7, 11) is -1.56. The van der Waals surface area contributed by atoms with E-state index in [0.29, 0.717) is 41.7 Å². The van der Waals surface area contributed by atoms with Gasteiger partial charge < -0.3 is 9.80 Å². The van der Waals surface area contributed by atoms with Crippen LogP contribution in [0.4, 0.5) is 0 Å². The number of likely N-dealkylation sites (N-methyl/N-ethyl adjacent to an activating group) is 1. The molecule has 0 radical (unpaired) electrons. The van der Waals surface area contributed by atoms with Gasteiger partial charge in [0, 0.05) is 54.9 Å². The average Bonchev–Trinajstić information content (AvgIpc) is 2.65. The van der Waals surface area contributed by atoms with Crippen molar-refractivity contribution in [2.45, 2.75) is 18.6 Å². The Morgan fingerprint density at radius 3 is 2.37 bits per heavy atom. The van der Waals surface area contributed by atoms with Crippen molar-refractivity contribution in [2.24, 2.45) is 5.92 Å². The Balaban J connectivity index is 1.68. The molecule has 0 bridgehead atoms. The van der Waals surface area contributed by atoms with E-state index in [1.807, 2.05) is 11.9 Å². The second kappa shape index (κ2) is 8.66. The van der Waals surface area contributed by atoms with E-state index in [-0.39, 0.29) is 24.1 Å². The van der Waals surface area contributed by atoms with Crippen LogP contribution in [0.5, 0.6) is 0 Å². The van der Waals surface area contributed by atoms with E-state index >= 15 is 0 Å². The Morgan fingerprint density at radius 1 is 1.11 bits per heavy atom. The molecule has 0 aromatic heterocycles. The molecule has 9 heteroatoms. The van der Waals surface area contributed by atoms with Gasteiger partial charge in [0.15, 0.2) is 0 Å². The van der Waals surface area contributed by atoms with Crippen molar-refractivity contribution in [3.63, 3.8) is 0 Å². The fourth-order valence-electron chi connectivity index (χ4n) is 3.63. The van der Waals surface area contributed by atoms with Crippen LogP contribution in [0.1, 0.15) is 18.4 Å². The zero-order valence-electron chi connectivity index (χ0n) is 15.4. The number of rotatable bonds is 4. The number of halogens is 2. The number of amides is 1. The minimum atomic E-state index is -3.60. The average molecular weight is 434 g/mol. The van der Waals surface area contributed by atoms with Crippen LogP contribution < -0.4 is 0 Å². The van der Waals surface area contributed by atoms with Gasteiger partial charge in [-0.15, -0.1) is 0 Å². The number of hydrogen-bond acceptors (Lipinski definition) is 4. The summed E-state index contributed by atoms with van der Waals surface area (Å²) in [5.74, 6) is -0.460. The number of carbonyl (C=O) groups is 1. The molecule has 2 aliphatic rings. The summed E-state index contributed by atoms with van der Waals surface area (Å²) in [6.07, 6.45) is 1.41. The normalized spacial score (nSPS) is 22.8. The SMILES string of the molecule is CN1CCN(C(=O)[C@H]2CCCN(S(=O)(=O)Cc3c(Cl)cccc3Cl)C2)CC1.